The molecule has 1 atom stereocenters. The molecule has 3 N–H and O–H groups in total. The van der Waals surface area contributed by atoms with Gasteiger partial charge in [0.25, 0.3) is 0 Å². The fraction of sp³-hybridized carbons (Fsp3) is 0.500. The molecule has 2 rings (SSSR count). The van der Waals surface area contributed by atoms with Gasteiger partial charge in [0.15, 0.2) is 5.96 Å². The minimum Gasteiger partial charge on any atom is -0.497 e. The molecule has 0 amide bonds. The average molecular weight is 391 g/mol. The van der Waals surface area contributed by atoms with Crippen molar-refractivity contribution in [1.29, 1.82) is 0 Å². The van der Waals surface area contributed by atoms with Crippen LogP contribution < -0.4 is 20.5 Å². The van der Waals surface area contributed by atoms with E-state index in [4.69, 9.17) is 15.2 Å². The van der Waals surface area contributed by atoms with E-state index in [-0.39, 0.29) is 29.4 Å². The number of methoxy groups -OCH3 is 2. The van der Waals surface area contributed by atoms with Crippen LogP contribution in [-0.4, -0.2) is 26.2 Å². The fourth-order valence-corrected chi connectivity index (χ4v) is 1.91. The molecule has 0 spiro atoms. The number of nitrogens with two attached hydrogens (primary N) is 1. The van der Waals surface area contributed by atoms with E-state index in [2.05, 4.69) is 24.2 Å². The van der Waals surface area contributed by atoms with E-state index in [1.165, 1.54) is 0 Å². The van der Waals surface area contributed by atoms with Crippen LogP contribution in [0.4, 0.5) is 5.69 Å². The zero-order valence-electron chi connectivity index (χ0n) is 12.3. The smallest absolute Gasteiger partial charge is 0.193 e. The number of aliphatic imine (C=N–C) groups is 1. The molecule has 0 aromatic heterocycles. The normalized spacial score (nSPS) is 19.8. The Morgan fingerprint density at radius 1 is 1.35 bits per heavy atom. The first-order valence-electron chi connectivity index (χ1n) is 6.28. The lowest BCUT2D eigenvalue weighted by Crippen LogP contribution is -2.24. The minimum atomic E-state index is 0. The van der Waals surface area contributed by atoms with Gasteiger partial charge in [-0.05, 0) is 24.0 Å². The van der Waals surface area contributed by atoms with Crippen molar-refractivity contribution in [3.05, 3.63) is 18.2 Å². The number of anilines is 1. The van der Waals surface area contributed by atoms with Crippen molar-refractivity contribution in [2.24, 2.45) is 16.1 Å². The van der Waals surface area contributed by atoms with Crippen molar-refractivity contribution in [1.82, 2.24) is 0 Å². The van der Waals surface area contributed by atoms with Crippen LogP contribution >= 0.6 is 24.0 Å². The van der Waals surface area contributed by atoms with E-state index in [9.17, 15) is 0 Å². The second-order valence-corrected chi connectivity index (χ2v) is 5.41. The summed E-state index contributed by atoms with van der Waals surface area (Å²) in [6, 6.07) is 5.80. The predicted octanol–water partition coefficient (Wildman–Crippen LogP) is 2.85. The Kier molecular flexibility index (Phi) is 5.50. The van der Waals surface area contributed by atoms with Crippen LogP contribution in [0.15, 0.2) is 23.2 Å². The molecular formula is C14H22IN3O2. The van der Waals surface area contributed by atoms with Crippen LogP contribution in [0.5, 0.6) is 11.5 Å². The Labute approximate surface area is 137 Å². The Morgan fingerprint density at radius 3 is 2.50 bits per heavy atom. The summed E-state index contributed by atoms with van der Waals surface area (Å²) in [5.41, 5.74) is 6.95. The first-order valence-corrected chi connectivity index (χ1v) is 6.28. The van der Waals surface area contributed by atoms with Gasteiger partial charge in [0.1, 0.15) is 11.5 Å². The van der Waals surface area contributed by atoms with Gasteiger partial charge in [-0.1, -0.05) is 13.8 Å². The number of nitrogens with zero attached hydrogens (tertiary/aromatic N) is 1. The van der Waals surface area contributed by atoms with Crippen LogP contribution in [-0.2, 0) is 0 Å². The maximum atomic E-state index is 5.93. The number of nitrogens with one attached hydrogen (secondary N) is 1. The molecular weight excluding hydrogens is 369 g/mol. The lowest BCUT2D eigenvalue weighted by molar-refractivity contribution is 0.405. The molecule has 0 aliphatic heterocycles. The molecule has 5 nitrogen and oxygen atoms in total. The summed E-state index contributed by atoms with van der Waals surface area (Å²) in [5, 5.41) is 3.07. The summed E-state index contributed by atoms with van der Waals surface area (Å²) < 4.78 is 10.5. The second-order valence-electron chi connectivity index (χ2n) is 5.41. The summed E-state index contributed by atoms with van der Waals surface area (Å²) in [6.07, 6.45) is 1.07. The molecule has 6 heteroatoms. The number of rotatable bonds is 4. The maximum absolute atomic E-state index is 5.93. The molecule has 0 bridgehead atoms. The van der Waals surface area contributed by atoms with Crippen molar-refractivity contribution in [3.63, 3.8) is 0 Å². The molecule has 1 aliphatic rings. The molecule has 1 fully saturated rings. The number of halogens is 1. The van der Waals surface area contributed by atoms with Crippen molar-refractivity contribution in [3.8, 4) is 11.5 Å². The third kappa shape index (κ3) is 3.91. The number of benzene rings is 1. The largest absolute Gasteiger partial charge is 0.497 e. The third-order valence-electron chi connectivity index (χ3n) is 3.43. The SMILES string of the molecule is COc1ccc(OC)c(NC(N)=NC2CC2(C)C)c1.I. The Balaban J connectivity index is 0.00000200. The van der Waals surface area contributed by atoms with E-state index in [1.807, 2.05) is 18.2 Å². The quantitative estimate of drug-likeness (QED) is 0.471. The number of hydrogen-bond acceptors (Lipinski definition) is 3. The highest BCUT2D eigenvalue weighted by Crippen LogP contribution is 2.47. The molecule has 112 valence electrons. The molecule has 1 aromatic carbocycles. The van der Waals surface area contributed by atoms with E-state index in [1.54, 1.807) is 14.2 Å². The maximum Gasteiger partial charge on any atom is 0.193 e. The summed E-state index contributed by atoms with van der Waals surface area (Å²) >= 11 is 0. The van der Waals surface area contributed by atoms with E-state index < -0.39 is 0 Å². The Hall–Kier alpha value is -1.18. The first-order chi connectivity index (χ1) is 8.96. The van der Waals surface area contributed by atoms with Crippen LogP contribution in [0.3, 0.4) is 0 Å². The van der Waals surface area contributed by atoms with Gasteiger partial charge in [-0.25, -0.2) is 4.99 Å². The van der Waals surface area contributed by atoms with Crippen LogP contribution in [0.1, 0.15) is 20.3 Å². The highest BCUT2D eigenvalue weighted by molar-refractivity contribution is 14.0. The Bertz CT molecular complexity index is 503. The third-order valence-corrected chi connectivity index (χ3v) is 3.43. The van der Waals surface area contributed by atoms with E-state index in [0.717, 1.165) is 17.9 Å². The molecule has 0 radical (unpaired) electrons. The van der Waals surface area contributed by atoms with Crippen molar-refractivity contribution in [2.75, 3.05) is 19.5 Å². The van der Waals surface area contributed by atoms with Gasteiger partial charge < -0.3 is 20.5 Å². The molecule has 1 aliphatic carbocycles. The molecule has 1 unspecified atom stereocenters. The van der Waals surface area contributed by atoms with Crippen LogP contribution in [0, 0.1) is 5.41 Å². The highest BCUT2D eigenvalue weighted by atomic mass is 127. The van der Waals surface area contributed by atoms with Crippen molar-refractivity contribution in [2.45, 2.75) is 26.3 Å². The summed E-state index contributed by atoms with van der Waals surface area (Å²) in [4.78, 5) is 4.45. The van der Waals surface area contributed by atoms with E-state index >= 15 is 0 Å². The van der Waals surface area contributed by atoms with Crippen LogP contribution in [0.25, 0.3) is 0 Å². The zero-order chi connectivity index (χ0) is 14.0. The summed E-state index contributed by atoms with van der Waals surface area (Å²) in [7, 11) is 3.24. The second kappa shape index (κ2) is 6.51. The predicted molar refractivity (Wildman–Crippen MR) is 92.4 cm³/mol. The van der Waals surface area contributed by atoms with Crippen molar-refractivity contribution >= 4 is 35.6 Å². The van der Waals surface area contributed by atoms with Gasteiger partial charge in [-0.15, -0.1) is 24.0 Å². The van der Waals surface area contributed by atoms with Gasteiger partial charge in [0, 0.05) is 6.07 Å². The number of hydrogen-bond donors (Lipinski definition) is 2. The molecule has 1 saturated carbocycles. The van der Waals surface area contributed by atoms with E-state index in [0.29, 0.717) is 17.8 Å². The average Bonchev–Trinajstić information content (AvgIpc) is 2.95. The lowest BCUT2D eigenvalue weighted by atomic mass is 10.2. The zero-order valence-corrected chi connectivity index (χ0v) is 14.6. The number of guanidine groups is 1. The highest BCUT2D eigenvalue weighted by Gasteiger charge is 2.45. The lowest BCUT2D eigenvalue weighted by Gasteiger charge is -2.12. The number of ether oxygens (including phenoxy) is 2. The summed E-state index contributed by atoms with van der Waals surface area (Å²) in [6.45, 7) is 4.36. The Morgan fingerprint density at radius 2 is 2.00 bits per heavy atom. The minimum absolute atomic E-state index is 0. The monoisotopic (exact) mass is 391 g/mol. The summed E-state index contributed by atoms with van der Waals surface area (Å²) in [5.74, 6) is 1.85. The molecule has 20 heavy (non-hydrogen) atoms. The molecule has 1 aromatic rings. The van der Waals surface area contributed by atoms with Gasteiger partial charge in [0.2, 0.25) is 0 Å². The fourth-order valence-electron chi connectivity index (χ4n) is 1.91. The van der Waals surface area contributed by atoms with Gasteiger partial charge in [-0.3, -0.25) is 0 Å². The first kappa shape index (κ1) is 16.9. The van der Waals surface area contributed by atoms with Crippen molar-refractivity contribution < 1.29 is 9.47 Å². The van der Waals surface area contributed by atoms with Crippen LogP contribution in [0.2, 0.25) is 0 Å². The van der Waals surface area contributed by atoms with Gasteiger partial charge in [0.05, 0.1) is 25.9 Å². The van der Waals surface area contributed by atoms with Gasteiger partial charge in [-0.2, -0.15) is 0 Å². The van der Waals surface area contributed by atoms with Gasteiger partial charge >= 0.3 is 0 Å². The topological polar surface area (TPSA) is 68.9 Å². The standard InChI is InChI=1S/C14H21N3O2.HI/c1-14(2)8-12(14)17-13(15)16-10-7-9(18-3)5-6-11(10)19-4;/h5-7,12H,8H2,1-4H3,(H3,15,16,17);1H. The molecule has 0 heterocycles. The molecule has 0 saturated heterocycles.